The number of fused-ring (bicyclic) bond motifs is 1. The van der Waals surface area contributed by atoms with Crippen molar-refractivity contribution >= 4 is 11.7 Å². The van der Waals surface area contributed by atoms with Crippen LogP contribution in [0.2, 0.25) is 0 Å². The Bertz CT molecular complexity index is 947. The van der Waals surface area contributed by atoms with Crippen molar-refractivity contribution in [1.82, 2.24) is 14.9 Å². The van der Waals surface area contributed by atoms with Gasteiger partial charge in [-0.05, 0) is 23.1 Å². The van der Waals surface area contributed by atoms with Crippen molar-refractivity contribution in [2.75, 3.05) is 44.9 Å². The number of morpholine rings is 1. The first kappa shape index (κ1) is 22.5. The van der Waals surface area contributed by atoms with E-state index >= 15 is 0 Å². The quantitative estimate of drug-likeness (QED) is 0.714. The van der Waals surface area contributed by atoms with E-state index < -0.39 is 0 Å². The minimum atomic E-state index is -0.0247. The summed E-state index contributed by atoms with van der Waals surface area (Å²) < 4.78 is 10.8. The van der Waals surface area contributed by atoms with Gasteiger partial charge >= 0.3 is 0 Å². The topological polar surface area (TPSA) is 67.8 Å². The van der Waals surface area contributed by atoms with Crippen molar-refractivity contribution in [2.45, 2.75) is 46.6 Å². The van der Waals surface area contributed by atoms with Crippen LogP contribution >= 0.6 is 0 Å². The van der Waals surface area contributed by atoms with E-state index in [1.165, 1.54) is 0 Å². The number of anilines is 1. The summed E-state index contributed by atoms with van der Waals surface area (Å²) >= 11 is 0. The molecule has 0 atom stereocenters. The highest BCUT2D eigenvalue weighted by atomic mass is 16.5. The number of hydrogen-bond acceptors (Lipinski definition) is 6. The SMILES string of the molecule is COc1ccc(Cc2nc3c(c(N4CCOCC4)n2)CN(C(=O)CC(C)(C)C)CC3)cc1. The number of carbonyl (C=O) groups is 1. The number of methoxy groups -OCH3 is 1. The summed E-state index contributed by atoms with van der Waals surface area (Å²) in [6, 6.07) is 8.05. The predicted molar refractivity (Wildman–Crippen MR) is 124 cm³/mol. The Morgan fingerprint density at radius 2 is 1.81 bits per heavy atom. The van der Waals surface area contributed by atoms with E-state index in [2.05, 4.69) is 37.8 Å². The number of hydrogen-bond donors (Lipinski definition) is 0. The van der Waals surface area contributed by atoms with Gasteiger partial charge in [-0.3, -0.25) is 4.79 Å². The lowest BCUT2D eigenvalue weighted by Gasteiger charge is -2.35. The van der Waals surface area contributed by atoms with E-state index in [0.29, 0.717) is 39.1 Å². The average Bonchev–Trinajstić information content (AvgIpc) is 2.78. The first-order valence-corrected chi connectivity index (χ1v) is 11.4. The zero-order valence-electron chi connectivity index (χ0n) is 19.7. The maximum Gasteiger partial charge on any atom is 0.223 e. The first-order valence-electron chi connectivity index (χ1n) is 11.4. The molecule has 0 saturated carbocycles. The Morgan fingerprint density at radius 1 is 1.09 bits per heavy atom. The fourth-order valence-corrected chi connectivity index (χ4v) is 4.27. The smallest absolute Gasteiger partial charge is 0.223 e. The van der Waals surface area contributed by atoms with Crippen LogP contribution < -0.4 is 9.64 Å². The number of rotatable bonds is 5. The minimum Gasteiger partial charge on any atom is -0.497 e. The van der Waals surface area contributed by atoms with Gasteiger partial charge in [-0.1, -0.05) is 32.9 Å². The second kappa shape index (κ2) is 9.45. The highest BCUT2D eigenvalue weighted by Gasteiger charge is 2.29. The normalized spacial score (nSPS) is 16.6. The minimum absolute atomic E-state index is 0.0247. The van der Waals surface area contributed by atoms with E-state index in [-0.39, 0.29) is 11.3 Å². The molecule has 2 aromatic rings. The van der Waals surface area contributed by atoms with Crippen LogP contribution in [-0.2, 0) is 28.9 Å². The fraction of sp³-hybridized carbons (Fsp3) is 0.560. The Morgan fingerprint density at radius 3 is 2.47 bits per heavy atom. The van der Waals surface area contributed by atoms with Crippen molar-refractivity contribution in [3.05, 3.63) is 46.9 Å². The molecule has 7 nitrogen and oxygen atoms in total. The van der Waals surface area contributed by atoms with E-state index in [4.69, 9.17) is 19.4 Å². The number of aromatic nitrogens is 2. The molecule has 1 aromatic carbocycles. The van der Waals surface area contributed by atoms with Gasteiger partial charge in [0.25, 0.3) is 0 Å². The van der Waals surface area contributed by atoms with Crippen LogP contribution in [0, 0.1) is 5.41 Å². The molecule has 0 aliphatic carbocycles. The van der Waals surface area contributed by atoms with Gasteiger partial charge in [0.2, 0.25) is 5.91 Å². The zero-order chi connectivity index (χ0) is 22.7. The van der Waals surface area contributed by atoms with Crippen molar-refractivity contribution in [2.24, 2.45) is 5.41 Å². The molecular formula is C25H34N4O3. The third-order valence-corrected chi connectivity index (χ3v) is 5.95. The summed E-state index contributed by atoms with van der Waals surface area (Å²) in [4.78, 5) is 27.1. The van der Waals surface area contributed by atoms with E-state index in [0.717, 1.165) is 53.7 Å². The van der Waals surface area contributed by atoms with Crippen molar-refractivity contribution < 1.29 is 14.3 Å². The average molecular weight is 439 g/mol. The van der Waals surface area contributed by atoms with Crippen LogP contribution in [0.5, 0.6) is 5.75 Å². The second-order valence-electron chi connectivity index (χ2n) is 9.82. The van der Waals surface area contributed by atoms with E-state index in [1.807, 2.05) is 17.0 Å². The number of amides is 1. The Kier molecular flexibility index (Phi) is 6.65. The standard InChI is InChI=1S/C25H34N4O3/c1-25(2,3)16-23(30)29-10-9-21-20(17-29)24(28-11-13-32-14-12-28)27-22(26-21)15-18-5-7-19(31-4)8-6-18/h5-8H,9-17H2,1-4H3. The molecule has 0 spiro atoms. The highest BCUT2D eigenvalue weighted by molar-refractivity contribution is 5.77. The van der Waals surface area contributed by atoms with Gasteiger partial charge in [0, 0.05) is 44.5 Å². The Hall–Kier alpha value is -2.67. The van der Waals surface area contributed by atoms with Crippen LogP contribution in [0.4, 0.5) is 5.82 Å². The summed E-state index contributed by atoms with van der Waals surface area (Å²) in [5, 5.41) is 0. The molecule has 32 heavy (non-hydrogen) atoms. The number of ether oxygens (including phenoxy) is 2. The third-order valence-electron chi connectivity index (χ3n) is 5.95. The zero-order valence-corrected chi connectivity index (χ0v) is 19.7. The lowest BCUT2D eigenvalue weighted by molar-refractivity contribution is -0.134. The molecule has 1 fully saturated rings. The monoisotopic (exact) mass is 438 g/mol. The van der Waals surface area contributed by atoms with Crippen molar-refractivity contribution in [3.63, 3.8) is 0 Å². The molecule has 172 valence electrons. The highest BCUT2D eigenvalue weighted by Crippen LogP contribution is 2.30. The van der Waals surface area contributed by atoms with Gasteiger partial charge in [0.05, 0.1) is 32.6 Å². The second-order valence-corrected chi connectivity index (χ2v) is 9.82. The van der Waals surface area contributed by atoms with Gasteiger partial charge in [-0.2, -0.15) is 0 Å². The first-order chi connectivity index (χ1) is 15.3. The maximum atomic E-state index is 12.9. The molecule has 1 saturated heterocycles. The summed E-state index contributed by atoms with van der Waals surface area (Å²) in [7, 11) is 1.67. The van der Waals surface area contributed by atoms with Crippen LogP contribution in [0.3, 0.4) is 0 Å². The number of nitrogens with zero attached hydrogens (tertiary/aromatic N) is 4. The van der Waals surface area contributed by atoms with Crippen molar-refractivity contribution in [3.8, 4) is 5.75 Å². The molecule has 1 aromatic heterocycles. The Labute approximate surface area is 190 Å². The number of carbonyl (C=O) groups excluding carboxylic acids is 1. The molecule has 3 heterocycles. The van der Waals surface area contributed by atoms with Gasteiger partial charge in [-0.25, -0.2) is 9.97 Å². The molecule has 7 heteroatoms. The van der Waals surface area contributed by atoms with E-state index in [1.54, 1.807) is 7.11 Å². The van der Waals surface area contributed by atoms with E-state index in [9.17, 15) is 4.79 Å². The molecule has 0 N–H and O–H groups in total. The number of benzene rings is 1. The molecule has 2 aliphatic rings. The van der Waals surface area contributed by atoms with Gasteiger partial charge in [-0.15, -0.1) is 0 Å². The van der Waals surface area contributed by atoms with Crippen molar-refractivity contribution in [1.29, 1.82) is 0 Å². The molecular weight excluding hydrogens is 404 g/mol. The van der Waals surface area contributed by atoms with Crippen LogP contribution in [-0.4, -0.2) is 60.7 Å². The Balaban J connectivity index is 1.62. The predicted octanol–water partition coefficient (Wildman–Crippen LogP) is 3.23. The summed E-state index contributed by atoms with van der Waals surface area (Å²) in [6.45, 7) is 10.6. The third kappa shape index (κ3) is 5.38. The molecule has 4 rings (SSSR count). The molecule has 2 aliphatic heterocycles. The van der Waals surface area contributed by atoms with Crippen LogP contribution in [0.15, 0.2) is 24.3 Å². The van der Waals surface area contributed by atoms with Gasteiger partial charge in [0.1, 0.15) is 17.4 Å². The molecule has 0 unspecified atom stereocenters. The lowest BCUT2D eigenvalue weighted by Crippen LogP contribution is -2.42. The largest absolute Gasteiger partial charge is 0.497 e. The fourth-order valence-electron chi connectivity index (χ4n) is 4.27. The summed E-state index contributed by atoms with van der Waals surface area (Å²) in [5.74, 6) is 2.84. The molecule has 0 bridgehead atoms. The van der Waals surface area contributed by atoms with Gasteiger partial charge < -0.3 is 19.3 Å². The summed E-state index contributed by atoms with van der Waals surface area (Å²) in [6.07, 6.45) is 1.98. The lowest BCUT2D eigenvalue weighted by atomic mass is 9.91. The molecule has 1 amide bonds. The van der Waals surface area contributed by atoms with Crippen LogP contribution in [0.1, 0.15) is 49.8 Å². The van der Waals surface area contributed by atoms with Crippen LogP contribution in [0.25, 0.3) is 0 Å². The molecule has 0 radical (unpaired) electrons. The maximum absolute atomic E-state index is 12.9. The summed E-state index contributed by atoms with van der Waals surface area (Å²) in [5.41, 5.74) is 3.29. The van der Waals surface area contributed by atoms with Gasteiger partial charge in [0.15, 0.2) is 0 Å².